The van der Waals surface area contributed by atoms with Gasteiger partial charge in [0, 0.05) is 12.5 Å². The van der Waals surface area contributed by atoms with Crippen molar-refractivity contribution in [1.29, 1.82) is 0 Å². The third-order valence-electron chi connectivity index (χ3n) is 2.08. The number of hydrogen-bond acceptors (Lipinski definition) is 2. The maximum Gasteiger partial charge on any atom is 0.303 e. The Morgan fingerprint density at radius 2 is 1.92 bits per heavy atom. The molecule has 0 bridgehead atoms. The first kappa shape index (κ1) is 12.4. The molecular weight excluding hydrogens is 166 g/mol. The van der Waals surface area contributed by atoms with Crippen molar-refractivity contribution < 1.29 is 9.90 Å². The fourth-order valence-corrected chi connectivity index (χ4v) is 1.21. The average Bonchev–Trinajstić information content (AvgIpc) is 2.00. The first-order valence-electron chi connectivity index (χ1n) is 4.99. The summed E-state index contributed by atoms with van der Waals surface area (Å²) in [6, 6.07) is 0.182. The molecule has 0 saturated heterocycles. The summed E-state index contributed by atoms with van der Waals surface area (Å²) >= 11 is 0. The van der Waals surface area contributed by atoms with E-state index >= 15 is 0 Å². The predicted molar refractivity (Wildman–Crippen MR) is 53.5 cm³/mol. The molecule has 0 fully saturated rings. The summed E-state index contributed by atoms with van der Waals surface area (Å²) in [5.74, 6) is -0.0402. The van der Waals surface area contributed by atoms with Gasteiger partial charge in [0.05, 0.1) is 0 Å². The van der Waals surface area contributed by atoms with E-state index in [4.69, 9.17) is 10.8 Å². The third kappa shape index (κ3) is 9.34. The lowest BCUT2D eigenvalue weighted by molar-refractivity contribution is -0.137. The molecule has 0 saturated carbocycles. The van der Waals surface area contributed by atoms with Gasteiger partial charge in [0.1, 0.15) is 0 Å². The largest absolute Gasteiger partial charge is 0.481 e. The second-order valence-electron chi connectivity index (χ2n) is 4.02. The molecule has 3 N–H and O–H groups in total. The monoisotopic (exact) mass is 187 g/mol. The number of carbonyl (C=O) groups is 1. The van der Waals surface area contributed by atoms with Crippen LogP contribution in [0.25, 0.3) is 0 Å². The molecule has 0 spiro atoms. The second-order valence-corrected chi connectivity index (χ2v) is 4.02. The molecule has 0 amide bonds. The van der Waals surface area contributed by atoms with Crippen molar-refractivity contribution >= 4 is 5.97 Å². The molecule has 0 rings (SSSR count). The van der Waals surface area contributed by atoms with Gasteiger partial charge in [-0.25, -0.2) is 0 Å². The van der Waals surface area contributed by atoms with Gasteiger partial charge in [0.25, 0.3) is 0 Å². The van der Waals surface area contributed by atoms with Crippen LogP contribution in [0.3, 0.4) is 0 Å². The molecule has 0 aromatic carbocycles. The van der Waals surface area contributed by atoms with Crippen molar-refractivity contribution in [3.63, 3.8) is 0 Å². The summed E-state index contributed by atoms with van der Waals surface area (Å²) in [5, 5.41) is 8.40. The van der Waals surface area contributed by atoms with Gasteiger partial charge in [-0.2, -0.15) is 0 Å². The van der Waals surface area contributed by atoms with E-state index in [1.54, 1.807) is 0 Å². The lowest BCUT2D eigenvalue weighted by atomic mass is 10.0. The molecular formula is C10H21NO2. The van der Waals surface area contributed by atoms with Gasteiger partial charge in [0.15, 0.2) is 0 Å². The van der Waals surface area contributed by atoms with E-state index in [0.717, 1.165) is 19.3 Å². The van der Waals surface area contributed by atoms with Crippen LogP contribution in [-0.4, -0.2) is 17.1 Å². The van der Waals surface area contributed by atoms with Crippen LogP contribution in [0.1, 0.15) is 46.0 Å². The average molecular weight is 187 g/mol. The summed E-state index contributed by atoms with van der Waals surface area (Å²) in [5.41, 5.74) is 5.82. The van der Waals surface area contributed by atoms with Crippen LogP contribution in [0, 0.1) is 5.92 Å². The Bertz CT molecular complexity index is 146. The van der Waals surface area contributed by atoms with Gasteiger partial charge in [-0.3, -0.25) is 4.79 Å². The van der Waals surface area contributed by atoms with Crippen LogP contribution in [0.4, 0.5) is 0 Å². The molecule has 0 radical (unpaired) electrons. The molecule has 0 aliphatic carbocycles. The standard InChI is InChI=1S/C10H21NO2/c1-8(2)6-7-9(11)4-3-5-10(12)13/h8-9H,3-7,11H2,1-2H3,(H,12,13). The Balaban J connectivity index is 3.29. The van der Waals surface area contributed by atoms with Crippen molar-refractivity contribution in [2.24, 2.45) is 11.7 Å². The topological polar surface area (TPSA) is 63.3 Å². The molecule has 78 valence electrons. The highest BCUT2D eigenvalue weighted by Gasteiger charge is 2.05. The summed E-state index contributed by atoms with van der Waals surface area (Å²) in [6.07, 6.45) is 3.93. The Hall–Kier alpha value is -0.570. The van der Waals surface area contributed by atoms with Crippen molar-refractivity contribution in [3.8, 4) is 0 Å². The molecule has 1 atom stereocenters. The number of aliphatic carboxylic acids is 1. The number of hydrogen-bond donors (Lipinski definition) is 2. The summed E-state index contributed by atoms with van der Waals surface area (Å²) in [7, 11) is 0. The van der Waals surface area contributed by atoms with Gasteiger partial charge in [0.2, 0.25) is 0 Å². The Labute approximate surface area is 80.3 Å². The lowest BCUT2D eigenvalue weighted by Gasteiger charge is -2.11. The highest BCUT2D eigenvalue weighted by Crippen LogP contribution is 2.09. The number of nitrogens with two attached hydrogens (primary N) is 1. The third-order valence-corrected chi connectivity index (χ3v) is 2.08. The molecule has 13 heavy (non-hydrogen) atoms. The van der Waals surface area contributed by atoms with E-state index in [0.29, 0.717) is 12.3 Å². The number of carboxylic acids is 1. The molecule has 0 aromatic rings. The maximum atomic E-state index is 10.2. The van der Waals surface area contributed by atoms with Gasteiger partial charge in [-0.1, -0.05) is 13.8 Å². The van der Waals surface area contributed by atoms with Crippen molar-refractivity contribution in [3.05, 3.63) is 0 Å². The van der Waals surface area contributed by atoms with Crippen molar-refractivity contribution in [1.82, 2.24) is 0 Å². The molecule has 0 aromatic heterocycles. The number of carboxylic acid groups (broad SMARTS) is 1. The zero-order valence-electron chi connectivity index (χ0n) is 8.62. The molecule has 1 unspecified atom stereocenters. The van der Waals surface area contributed by atoms with E-state index < -0.39 is 5.97 Å². The lowest BCUT2D eigenvalue weighted by Crippen LogP contribution is -2.20. The fourth-order valence-electron chi connectivity index (χ4n) is 1.21. The predicted octanol–water partition coefficient (Wildman–Crippen LogP) is 2.00. The van der Waals surface area contributed by atoms with Crippen LogP contribution in [0.5, 0.6) is 0 Å². The van der Waals surface area contributed by atoms with Crippen LogP contribution in [0.2, 0.25) is 0 Å². The van der Waals surface area contributed by atoms with E-state index in [1.807, 2.05) is 0 Å². The number of rotatable bonds is 7. The minimum absolute atomic E-state index is 0.182. The SMILES string of the molecule is CC(C)CCC(N)CCCC(=O)O. The van der Waals surface area contributed by atoms with E-state index in [9.17, 15) is 4.79 Å². The van der Waals surface area contributed by atoms with Crippen molar-refractivity contribution in [2.45, 2.75) is 52.0 Å². The zero-order valence-corrected chi connectivity index (χ0v) is 8.62. The van der Waals surface area contributed by atoms with Crippen LogP contribution in [0.15, 0.2) is 0 Å². The smallest absolute Gasteiger partial charge is 0.303 e. The van der Waals surface area contributed by atoms with Gasteiger partial charge in [-0.05, 0) is 31.6 Å². The summed E-state index contributed by atoms with van der Waals surface area (Å²) < 4.78 is 0. The zero-order chi connectivity index (χ0) is 10.3. The molecule has 0 aliphatic heterocycles. The Morgan fingerprint density at radius 1 is 1.31 bits per heavy atom. The Kier molecular flexibility index (Phi) is 6.59. The van der Waals surface area contributed by atoms with Gasteiger partial charge < -0.3 is 10.8 Å². The van der Waals surface area contributed by atoms with Crippen molar-refractivity contribution in [2.75, 3.05) is 0 Å². The first-order chi connectivity index (χ1) is 6.02. The molecule has 0 heterocycles. The second kappa shape index (κ2) is 6.89. The normalized spacial score (nSPS) is 13.2. The highest BCUT2D eigenvalue weighted by atomic mass is 16.4. The summed E-state index contributed by atoms with van der Waals surface area (Å²) in [6.45, 7) is 4.34. The van der Waals surface area contributed by atoms with E-state index in [-0.39, 0.29) is 12.5 Å². The quantitative estimate of drug-likeness (QED) is 0.640. The van der Waals surface area contributed by atoms with Crippen LogP contribution >= 0.6 is 0 Å². The van der Waals surface area contributed by atoms with Gasteiger partial charge >= 0.3 is 5.97 Å². The van der Waals surface area contributed by atoms with Gasteiger partial charge in [-0.15, -0.1) is 0 Å². The highest BCUT2D eigenvalue weighted by molar-refractivity contribution is 5.66. The van der Waals surface area contributed by atoms with E-state index in [1.165, 1.54) is 0 Å². The molecule has 0 aliphatic rings. The molecule has 3 heteroatoms. The fraction of sp³-hybridized carbons (Fsp3) is 0.900. The van der Waals surface area contributed by atoms with E-state index in [2.05, 4.69) is 13.8 Å². The first-order valence-corrected chi connectivity index (χ1v) is 4.99. The van der Waals surface area contributed by atoms with Crippen LogP contribution in [-0.2, 0) is 4.79 Å². The minimum atomic E-state index is -0.726. The van der Waals surface area contributed by atoms with Crippen LogP contribution < -0.4 is 5.73 Å². The summed E-state index contributed by atoms with van der Waals surface area (Å²) in [4.78, 5) is 10.2. The Morgan fingerprint density at radius 3 is 2.38 bits per heavy atom. The molecule has 3 nitrogen and oxygen atoms in total. The minimum Gasteiger partial charge on any atom is -0.481 e. The maximum absolute atomic E-state index is 10.2.